The van der Waals surface area contributed by atoms with E-state index < -0.39 is 17.4 Å². The average Bonchev–Trinajstić information content (AvgIpc) is 3.30. The number of rotatable bonds is 7. The highest BCUT2D eigenvalue weighted by Crippen LogP contribution is 2.45. The Morgan fingerprint density at radius 1 is 1.00 bits per heavy atom. The highest BCUT2D eigenvalue weighted by atomic mass is 19.1. The first kappa shape index (κ1) is 21.5. The monoisotopic (exact) mass is 429 g/mol. The number of imidazole rings is 1. The van der Waals surface area contributed by atoms with Gasteiger partial charge in [0.25, 0.3) is 0 Å². The predicted octanol–water partition coefficient (Wildman–Crippen LogP) is 3.97. The van der Waals surface area contributed by atoms with Crippen LogP contribution in [-0.4, -0.2) is 29.1 Å². The molecule has 4 rings (SSSR count). The van der Waals surface area contributed by atoms with Crippen LogP contribution in [0.3, 0.4) is 0 Å². The van der Waals surface area contributed by atoms with Crippen LogP contribution in [0.25, 0.3) is 0 Å². The van der Waals surface area contributed by atoms with Crippen molar-refractivity contribution in [3.63, 3.8) is 0 Å². The normalized spacial score (nSPS) is 12.3. The molecule has 1 aromatic heterocycles. The molecule has 162 valence electrons. The highest BCUT2D eigenvalue weighted by Gasteiger charge is 2.42. The van der Waals surface area contributed by atoms with Crippen LogP contribution < -0.4 is 5.73 Å². The van der Waals surface area contributed by atoms with Crippen LogP contribution in [-0.2, 0) is 21.4 Å². The minimum atomic E-state index is -0.992. The molecule has 0 spiro atoms. The summed E-state index contributed by atoms with van der Waals surface area (Å²) in [5.41, 5.74) is 7.87. The summed E-state index contributed by atoms with van der Waals surface area (Å²) in [6.45, 7) is 0. The first-order valence-corrected chi connectivity index (χ1v) is 10.3. The van der Waals surface area contributed by atoms with Gasteiger partial charge in [-0.05, 0) is 17.2 Å². The van der Waals surface area contributed by atoms with Crippen LogP contribution in [0.1, 0.15) is 28.2 Å². The number of H-pyrrole nitrogens is 1. The molecule has 5 nitrogen and oxygen atoms in total. The van der Waals surface area contributed by atoms with E-state index in [2.05, 4.69) is 9.97 Å². The minimum Gasteiger partial charge on any atom is -0.468 e. The molecule has 0 saturated carbocycles. The van der Waals surface area contributed by atoms with Crippen LogP contribution >= 0.6 is 0 Å². The van der Waals surface area contributed by atoms with E-state index in [1.165, 1.54) is 13.2 Å². The van der Waals surface area contributed by atoms with Crippen LogP contribution in [0.2, 0.25) is 0 Å². The zero-order chi connectivity index (χ0) is 22.6. The molecule has 3 aromatic carbocycles. The molecule has 0 bridgehead atoms. The molecule has 0 amide bonds. The summed E-state index contributed by atoms with van der Waals surface area (Å²) < 4.78 is 20.1. The molecule has 0 radical (unpaired) electrons. The SMILES string of the molecule is COC(=O)C(N)Cc1ncc(C(c2ccccc2)(c2ccccc2)c2ccccc2F)[nH]1. The van der Waals surface area contributed by atoms with E-state index in [0.717, 1.165) is 11.1 Å². The van der Waals surface area contributed by atoms with Crippen LogP contribution in [0.5, 0.6) is 0 Å². The Kier molecular flexibility index (Phi) is 6.14. The molecular formula is C26H24FN3O2. The lowest BCUT2D eigenvalue weighted by Crippen LogP contribution is -2.34. The first-order valence-electron chi connectivity index (χ1n) is 10.3. The lowest BCUT2D eigenvalue weighted by Gasteiger charge is -2.35. The predicted molar refractivity (Wildman–Crippen MR) is 121 cm³/mol. The number of methoxy groups -OCH3 is 1. The number of hydrogen-bond acceptors (Lipinski definition) is 4. The molecule has 0 aliphatic carbocycles. The van der Waals surface area contributed by atoms with Crippen molar-refractivity contribution in [1.82, 2.24) is 9.97 Å². The van der Waals surface area contributed by atoms with Crippen LogP contribution in [0, 0.1) is 5.82 Å². The van der Waals surface area contributed by atoms with E-state index in [4.69, 9.17) is 10.5 Å². The summed E-state index contributed by atoms with van der Waals surface area (Å²) in [7, 11) is 1.30. The van der Waals surface area contributed by atoms with Crippen molar-refractivity contribution >= 4 is 5.97 Å². The third kappa shape index (κ3) is 3.81. The van der Waals surface area contributed by atoms with E-state index in [1.54, 1.807) is 18.3 Å². The van der Waals surface area contributed by atoms with Crippen LogP contribution in [0.4, 0.5) is 4.39 Å². The van der Waals surface area contributed by atoms with E-state index in [1.807, 2.05) is 66.7 Å². The number of carbonyl (C=O) groups is 1. The van der Waals surface area contributed by atoms with E-state index in [0.29, 0.717) is 17.1 Å². The number of esters is 1. The molecular weight excluding hydrogens is 405 g/mol. The highest BCUT2D eigenvalue weighted by molar-refractivity contribution is 5.75. The smallest absolute Gasteiger partial charge is 0.323 e. The molecule has 1 heterocycles. The average molecular weight is 429 g/mol. The Hall–Kier alpha value is -3.77. The second kappa shape index (κ2) is 9.16. The summed E-state index contributed by atoms with van der Waals surface area (Å²) in [6, 6.07) is 25.3. The molecule has 0 saturated heterocycles. The van der Waals surface area contributed by atoms with Gasteiger partial charge in [0.1, 0.15) is 17.7 Å². The topological polar surface area (TPSA) is 81.0 Å². The number of aromatic nitrogens is 2. The van der Waals surface area contributed by atoms with Crippen molar-refractivity contribution in [2.45, 2.75) is 17.9 Å². The lowest BCUT2D eigenvalue weighted by molar-refractivity contribution is -0.142. The van der Waals surface area contributed by atoms with E-state index >= 15 is 4.39 Å². The zero-order valence-electron chi connectivity index (χ0n) is 17.7. The van der Waals surface area contributed by atoms with Gasteiger partial charge in [-0.2, -0.15) is 0 Å². The van der Waals surface area contributed by atoms with Gasteiger partial charge in [-0.1, -0.05) is 78.9 Å². The van der Waals surface area contributed by atoms with Gasteiger partial charge < -0.3 is 15.5 Å². The minimum absolute atomic E-state index is 0.170. The standard InChI is InChI=1S/C26H24FN3O2/c1-32-25(31)22(28)16-24-29-17-23(30-24)26(18-10-4-2-5-11-18,19-12-6-3-7-13-19)20-14-8-9-15-21(20)27/h2-15,17,22H,16,28H2,1H3,(H,29,30). The van der Waals surface area contributed by atoms with Crippen molar-refractivity contribution in [1.29, 1.82) is 0 Å². The second-order valence-electron chi connectivity index (χ2n) is 7.54. The van der Waals surface area contributed by atoms with Crippen molar-refractivity contribution < 1.29 is 13.9 Å². The Morgan fingerprint density at radius 3 is 2.12 bits per heavy atom. The maximum absolute atomic E-state index is 15.4. The first-order chi connectivity index (χ1) is 15.6. The molecule has 0 fully saturated rings. The molecule has 0 aliphatic heterocycles. The molecule has 1 atom stereocenters. The number of hydrogen-bond donors (Lipinski definition) is 2. The molecule has 3 N–H and O–H groups in total. The van der Waals surface area contributed by atoms with Gasteiger partial charge in [0.2, 0.25) is 0 Å². The van der Waals surface area contributed by atoms with E-state index in [-0.39, 0.29) is 12.2 Å². The second-order valence-corrected chi connectivity index (χ2v) is 7.54. The number of nitrogens with zero attached hydrogens (tertiary/aromatic N) is 1. The number of benzene rings is 3. The fraction of sp³-hybridized carbons (Fsp3) is 0.154. The van der Waals surface area contributed by atoms with Gasteiger partial charge in [-0.25, -0.2) is 9.37 Å². The van der Waals surface area contributed by atoms with Gasteiger partial charge in [-0.3, -0.25) is 4.79 Å². The Morgan fingerprint density at radius 2 is 1.56 bits per heavy atom. The van der Waals surface area contributed by atoms with Gasteiger partial charge in [0, 0.05) is 18.2 Å². The summed E-state index contributed by atoms with van der Waals surface area (Å²) in [4.78, 5) is 19.6. The number of halogens is 1. The largest absolute Gasteiger partial charge is 0.468 e. The third-order valence-electron chi connectivity index (χ3n) is 5.64. The molecule has 1 unspecified atom stereocenters. The van der Waals surface area contributed by atoms with Gasteiger partial charge in [-0.15, -0.1) is 0 Å². The summed E-state index contributed by atoms with van der Waals surface area (Å²) in [6.07, 6.45) is 1.86. The number of carbonyl (C=O) groups excluding carboxylic acids is 1. The molecule has 0 aliphatic rings. The summed E-state index contributed by atoms with van der Waals surface area (Å²) in [5.74, 6) is -0.331. The number of aromatic amines is 1. The Balaban J connectivity index is 1.97. The Bertz CT molecular complexity index is 1150. The fourth-order valence-electron chi connectivity index (χ4n) is 4.18. The van der Waals surface area contributed by atoms with Crippen molar-refractivity contribution in [3.05, 3.63) is 125 Å². The lowest BCUT2D eigenvalue weighted by atomic mass is 9.67. The third-order valence-corrected chi connectivity index (χ3v) is 5.64. The molecule has 32 heavy (non-hydrogen) atoms. The number of nitrogens with two attached hydrogens (primary N) is 1. The summed E-state index contributed by atoms with van der Waals surface area (Å²) in [5, 5.41) is 0. The fourth-order valence-corrected chi connectivity index (χ4v) is 4.18. The van der Waals surface area contributed by atoms with Crippen molar-refractivity contribution in [2.75, 3.05) is 7.11 Å². The quantitative estimate of drug-likeness (QED) is 0.344. The van der Waals surface area contributed by atoms with Crippen molar-refractivity contribution in [3.8, 4) is 0 Å². The van der Waals surface area contributed by atoms with Gasteiger partial charge >= 0.3 is 5.97 Å². The zero-order valence-corrected chi connectivity index (χ0v) is 17.7. The Labute approximate surface area is 186 Å². The number of nitrogens with one attached hydrogen (secondary N) is 1. The molecule has 4 aromatic rings. The maximum atomic E-state index is 15.4. The van der Waals surface area contributed by atoms with Crippen LogP contribution in [0.15, 0.2) is 91.1 Å². The van der Waals surface area contributed by atoms with Gasteiger partial charge in [0.15, 0.2) is 0 Å². The van der Waals surface area contributed by atoms with Crippen molar-refractivity contribution in [2.24, 2.45) is 5.73 Å². The van der Waals surface area contributed by atoms with E-state index in [9.17, 15) is 4.79 Å². The summed E-state index contributed by atoms with van der Waals surface area (Å²) >= 11 is 0. The number of ether oxygens (including phenoxy) is 1. The maximum Gasteiger partial charge on any atom is 0.323 e. The molecule has 6 heteroatoms. The van der Waals surface area contributed by atoms with Gasteiger partial charge in [0.05, 0.1) is 18.2 Å².